The summed E-state index contributed by atoms with van der Waals surface area (Å²) in [5.41, 5.74) is 0. The molecule has 2 saturated heterocycles. The predicted molar refractivity (Wildman–Crippen MR) is 50.6 cm³/mol. The van der Waals surface area contributed by atoms with E-state index >= 15 is 0 Å². The Hall–Kier alpha value is -0.0800. The van der Waals surface area contributed by atoms with Crippen molar-refractivity contribution < 1.29 is 4.48 Å². The molecule has 0 saturated carbocycles. The first-order valence-electron chi connectivity index (χ1n) is 5.35. The average molecular weight is 169 g/mol. The van der Waals surface area contributed by atoms with E-state index in [0.717, 1.165) is 6.04 Å². The number of rotatable bonds is 2. The zero-order valence-corrected chi connectivity index (χ0v) is 8.42. The van der Waals surface area contributed by atoms with E-state index in [2.05, 4.69) is 18.7 Å². The second-order valence-corrected chi connectivity index (χ2v) is 4.62. The molecule has 0 aromatic carbocycles. The van der Waals surface area contributed by atoms with Gasteiger partial charge in [-0.15, -0.1) is 0 Å². The van der Waals surface area contributed by atoms with Crippen LogP contribution in [0.15, 0.2) is 0 Å². The largest absolute Gasteiger partial charge is 0.298 e. The molecule has 0 radical (unpaired) electrons. The summed E-state index contributed by atoms with van der Waals surface area (Å²) in [5, 5.41) is 0. The maximum absolute atomic E-state index is 2.63. The van der Waals surface area contributed by atoms with Gasteiger partial charge < -0.3 is 0 Å². The molecule has 2 aliphatic rings. The summed E-state index contributed by atoms with van der Waals surface area (Å²) in [7, 11) is 0. The van der Waals surface area contributed by atoms with Crippen molar-refractivity contribution in [3.63, 3.8) is 0 Å². The van der Waals surface area contributed by atoms with Crippen molar-refractivity contribution in [1.82, 2.24) is 4.90 Å². The van der Waals surface area contributed by atoms with Crippen molar-refractivity contribution in [3.8, 4) is 0 Å². The van der Waals surface area contributed by atoms with Gasteiger partial charge in [0.25, 0.3) is 0 Å². The van der Waals surface area contributed by atoms with Gasteiger partial charge in [0.05, 0.1) is 13.1 Å². The summed E-state index contributed by atoms with van der Waals surface area (Å²) < 4.78 is 1.42. The zero-order valence-electron chi connectivity index (χ0n) is 8.42. The standard InChI is InChI=1S/C10H21N2/c1-3-10(2)11-8-12(9-11)6-4-5-7-12/h10H,3-9H2,1-2H3/q+1. The Morgan fingerprint density at radius 3 is 2.33 bits per heavy atom. The van der Waals surface area contributed by atoms with Gasteiger partial charge in [0, 0.05) is 18.9 Å². The number of nitrogens with zero attached hydrogens (tertiary/aromatic N) is 2. The number of quaternary nitrogens is 1. The van der Waals surface area contributed by atoms with Gasteiger partial charge in [-0.2, -0.15) is 0 Å². The lowest BCUT2D eigenvalue weighted by Crippen LogP contribution is -2.69. The van der Waals surface area contributed by atoms with E-state index in [1.807, 2.05) is 0 Å². The van der Waals surface area contributed by atoms with Crippen LogP contribution in [0.1, 0.15) is 33.1 Å². The van der Waals surface area contributed by atoms with Crippen molar-refractivity contribution in [2.75, 3.05) is 26.4 Å². The third kappa shape index (κ3) is 1.27. The molecule has 12 heavy (non-hydrogen) atoms. The van der Waals surface area contributed by atoms with Crippen molar-refractivity contribution in [3.05, 3.63) is 0 Å². The molecule has 2 heteroatoms. The minimum absolute atomic E-state index is 0.814. The molecular weight excluding hydrogens is 148 g/mol. The van der Waals surface area contributed by atoms with Crippen LogP contribution in [0, 0.1) is 0 Å². The van der Waals surface area contributed by atoms with E-state index in [9.17, 15) is 0 Å². The fourth-order valence-electron chi connectivity index (χ4n) is 2.56. The van der Waals surface area contributed by atoms with E-state index in [1.54, 1.807) is 0 Å². The van der Waals surface area contributed by atoms with Gasteiger partial charge in [0.2, 0.25) is 0 Å². The lowest BCUT2D eigenvalue weighted by atomic mass is 10.2. The third-order valence-electron chi connectivity index (χ3n) is 3.69. The molecule has 0 amide bonds. The van der Waals surface area contributed by atoms with Gasteiger partial charge in [0.1, 0.15) is 13.3 Å². The van der Waals surface area contributed by atoms with Gasteiger partial charge in [-0.05, 0) is 13.3 Å². The van der Waals surface area contributed by atoms with Crippen LogP contribution in [0.4, 0.5) is 0 Å². The van der Waals surface area contributed by atoms with Gasteiger partial charge >= 0.3 is 0 Å². The first kappa shape index (κ1) is 8.52. The van der Waals surface area contributed by atoms with Crippen LogP contribution < -0.4 is 0 Å². The molecule has 2 nitrogen and oxygen atoms in total. The van der Waals surface area contributed by atoms with Crippen LogP contribution in [0.5, 0.6) is 0 Å². The van der Waals surface area contributed by atoms with E-state index in [0.29, 0.717) is 0 Å². The maximum Gasteiger partial charge on any atom is 0.140 e. The van der Waals surface area contributed by atoms with E-state index in [-0.39, 0.29) is 0 Å². The molecule has 0 aliphatic carbocycles. The Morgan fingerprint density at radius 2 is 1.83 bits per heavy atom. The molecule has 70 valence electrons. The Bertz CT molecular complexity index is 153. The Balaban J connectivity index is 1.82. The van der Waals surface area contributed by atoms with Crippen LogP contribution in [-0.4, -0.2) is 41.9 Å². The summed E-state index contributed by atoms with van der Waals surface area (Å²) in [6.45, 7) is 10.2. The summed E-state index contributed by atoms with van der Waals surface area (Å²) in [5.74, 6) is 0. The number of hydrogen-bond donors (Lipinski definition) is 0. The molecule has 2 aliphatic heterocycles. The van der Waals surface area contributed by atoms with Crippen LogP contribution >= 0.6 is 0 Å². The van der Waals surface area contributed by atoms with Crippen molar-refractivity contribution in [1.29, 1.82) is 0 Å². The average Bonchev–Trinajstić information content (AvgIpc) is 2.48. The van der Waals surface area contributed by atoms with Gasteiger partial charge in [-0.25, -0.2) is 4.90 Å². The highest BCUT2D eigenvalue weighted by Crippen LogP contribution is 2.29. The van der Waals surface area contributed by atoms with E-state index < -0.39 is 0 Å². The lowest BCUT2D eigenvalue weighted by Gasteiger charge is -2.51. The summed E-state index contributed by atoms with van der Waals surface area (Å²) in [4.78, 5) is 2.63. The van der Waals surface area contributed by atoms with Gasteiger partial charge in [0.15, 0.2) is 0 Å². The summed E-state index contributed by atoms with van der Waals surface area (Å²) in [6.07, 6.45) is 4.24. The zero-order chi connectivity index (χ0) is 8.60. The SMILES string of the molecule is CCC(C)N1C[N+]2(CCCC2)C1. The molecule has 0 aromatic heterocycles. The van der Waals surface area contributed by atoms with Gasteiger partial charge in [-0.1, -0.05) is 6.92 Å². The topological polar surface area (TPSA) is 3.24 Å². The molecular formula is C10H21N2+. The monoisotopic (exact) mass is 169 g/mol. The van der Waals surface area contributed by atoms with E-state index in [4.69, 9.17) is 0 Å². The van der Waals surface area contributed by atoms with Crippen LogP contribution in [-0.2, 0) is 0 Å². The molecule has 2 fully saturated rings. The Kier molecular flexibility index (Phi) is 2.13. The molecule has 0 aromatic rings. The second-order valence-electron chi connectivity index (χ2n) is 4.62. The molecule has 0 bridgehead atoms. The highest BCUT2D eigenvalue weighted by Gasteiger charge is 2.45. The molecule has 1 unspecified atom stereocenters. The Labute approximate surface area is 75.7 Å². The van der Waals surface area contributed by atoms with Crippen molar-refractivity contribution in [2.45, 2.75) is 39.2 Å². The molecule has 2 heterocycles. The van der Waals surface area contributed by atoms with Gasteiger partial charge in [-0.3, -0.25) is 4.48 Å². The fourth-order valence-corrected chi connectivity index (χ4v) is 2.56. The Morgan fingerprint density at radius 1 is 1.25 bits per heavy atom. The van der Waals surface area contributed by atoms with Crippen molar-refractivity contribution >= 4 is 0 Å². The highest BCUT2D eigenvalue weighted by molar-refractivity contribution is 4.69. The van der Waals surface area contributed by atoms with Crippen LogP contribution in [0.2, 0.25) is 0 Å². The van der Waals surface area contributed by atoms with Crippen LogP contribution in [0.3, 0.4) is 0 Å². The quantitative estimate of drug-likeness (QED) is 0.568. The minimum atomic E-state index is 0.814. The fraction of sp³-hybridized carbons (Fsp3) is 1.00. The third-order valence-corrected chi connectivity index (χ3v) is 3.69. The van der Waals surface area contributed by atoms with E-state index in [1.165, 1.54) is 50.2 Å². The first-order chi connectivity index (χ1) is 5.76. The minimum Gasteiger partial charge on any atom is -0.298 e. The lowest BCUT2D eigenvalue weighted by molar-refractivity contribution is -0.987. The summed E-state index contributed by atoms with van der Waals surface area (Å²) in [6, 6.07) is 0.814. The highest BCUT2D eigenvalue weighted by atomic mass is 15.6. The normalized spacial score (nSPS) is 30.5. The second kappa shape index (κ2) is 3.00. The number of hydrogen-bond acceptors (Lipinski definition) is 1. The smallest absolute Gasteiger partial charge is 0.140 e. The maximum atomic E-state index is 2.63. The van der Waals surface area contributed by atoms with Crippen LogP contribution in [0.25, 0.3) is 0 Å². The molecule has 2 rings (SSSR count). The molecule has 1 atom stereocenters. The first-order valence-corrected chi connectivity index (χ1v) is 5.35. The van der Waals surface area contributed by atoms with Crippen molar-refractivity contribution in [2.24, 2.45) is 0 Å². The molecule has 1 spiro atoms. The predicted octanol–water partition coefficient (Wildman–Crippen LogP) is 1.63. The summed E-state index contributed by atoms with van der Waals surface area (Å²) >= 11 is 0. The molecule has 0 N–H and O–H groups in total.